The number of rotatable bonds is 3. The van der Waals surface area contributed by atoms with E-state index in [4.69, 9.17) is 9.47 Å². The lowest BCUT2D eigenvalue weighted by atomic mass is 9.46. The molecule has 0 radical (unpaired) electrons. The van der Waals surface area contributed by atoms with Gasteiger partial charge in [-0.2, -0.15) is 0 Å². The summed E-state index contributed by atoms with van der Waals surface area (Å²) in [5.74, 6) is -0.581. The molecule has 1 fully saturated rings. The smallest absolute Gasteiger partial charge is 0.303 e. The van der Waals surface area contributed by atoms with E-state index in [1.165, 1.54) is 6.92 Å². The van der Waals surface area contributed by atoms with Gasteiger partial charge in [0.1, 0.15) is 11.7 Å². The molecule has 0 amide bonds. The molecule has 5 unspecified atom stereocenters. The topological polar surface area (TPSA) is 76.0 Å². The summed E-state index contributed by atoms with van der Waals surface area (Å²) in [7, 11) is 1.65. The van der Waals surface area contributed by atoms with Gasteiger partial charge in [0.25, 0.3) is 0 Å². The van der Waals surface area contributed by atoms with Crippen molar-refractivity contribution in [3.63, 3.8) is 0 Å². The highest BCUT2D eigenvalue weighted by molar-refractivity contribution is 5.66. The quantitative estimate of drug-likeness (QED) is 0.613. The Kier molecular flexibility index (Phi) is 5.24. The molecule has 2 N–H and O–H groups in total. The largest absolute Gasteiger partial charge is 0.459 e. The van der Waals surface area contributed by atoms with Crippen LogP contribution in [0.25, 0.3) is 0 Å². The van der Waals surface area contributed by atoms with Crippen molar-refractivity contribution in [2.24, 2.45) is 17.3 Å². The average Bonchev–Trinajstić information content (AvgIpc) is 2.49. The molecular formula is C18H30O5. The zero-order valence-corrected chi connectivity index (χ0v) is 14.8. The zero-order valence-electron chi connectivity index (χ0n) is 14.8. The molecule has 5 heteroatoms. The summed E-state index contributed by atoms with van der Waals surface area (Å²) >= 11 is 0. The first-order valence-electron chi connectivity index (χ1n) is 8.36. The first-order chi connectivity index (χ1) is 10.7. The van der Waals surface area contributed by atoms with Crippen molar-refractivity contribution in [1.82, 2.24) is 0 Å². The highest BCUT2D eigenvalue weighted by atomic mass is 16.6. The number of esters is 1. The van der Waals surface area contributed by atoms with Crippen LogP contribution < -0.4 is 0 Å². The third kappa shape index (κ3) is 3.19. The lowest BCUT2D eigenvalue weighted by Gasteiger charge is -2.63. The normalized spacial score (nSPS) is 39.9. The fraction of sp³-hybridized carbons (Fsp3) is 0.833. The second-order valence-corrected chi connectivity index (χ2v) is 7.79. The molecular weight excluding hydrogens is 296 g/mol. The van der Waals surface area contributed by atoms with E-state index >= 15 is 0 Å². The molecule has 0 aromatic carbocycles. The Morgan fingerprint density at radius 2 is 2.09 bits per heavy atom. The summed E-state index contributed by atoms with van der Waals surface area (Å²) in [6, 6.07) is 0. The minimum absolute atomic E-state index is 0.0113. The number of hydrogen-bond donors (Lipinski definition) is 2. The Labute approximate surface area is 138 Å². The third-order valence-corrected chi connectivity index (χ3v) is 5.80. The van der Waals surface area contributed by atoms with E-state index < -0.39 is 11.7 Å². The Balaban J connectivity index is 2.45. The van der Waals surface area contributed by atoms with Gasteiger partial charge in [-0.1, -0.05) is 25.5 Å². The average molecular weight is 326 g/mol. The molecule has 0 bridgehead atoms. The van der Waals surface area contributed by atoms with Crippen LogP contribution in [0.15, 0.2) is 11.6 Å². The predicted molar refractivity (Wildman–Crippen MR) is 86.8 cm³/mol. The van der Waals surface area contributed by atoms with E-state index in [1.54, 1.807) is 7.11 Å². The number of aliphatic hydroxyl groups is 2. The number of fused-ring (bicyclic) bond motifs is 1. The van der Waals surface area contributed by atoms with E-state index in [1.807, 2.05) is 26.8 Å². The molecule has 0 aliphatic heterocycles. The van der Waals surface area contributed by atoms with Crippen molar-refractivity contribution in [3.8, 4) is 0 Å². The van der Waals surface area contributed by atoms with Gasteiger partial charge in [-0.15, -0.1) is 0 Å². The van der Waals surface area contributed by atoms with Crippen LogP contribution in [-0.4, -0.2) is 47.7 Å². The third-order valence-electron chi connectivity index (χ3n) is 5.80. The summed E-state index contributed by atoms with van der Waals surface area (Å²) < 4.78 is 11.1. The summed E-state index contributed by atoms with van der Waals surface area (Å²) in [5.41, 5.74) is -0.473. The fourth-order valence-corrected chi connectivity index (χ4v) is 4.50. The van der Waals surface area contributed by atoms with Gasteiger partial charge in [0.05, 0.1) is 6.10 Å². The Morgan fingerprint density at radius 3 is 2.57 bits per heavy atom. The van der Waals surface area contributed by atoms with Crippen molar-refractivity contribution in [2.45, 2.75) is 64.8 Å². The van der Waals surface area contributed by atoms with Crippen LogP contribution in [0.1, 0.15) is 47.0 Å². The SMILES string of the molecule is COC1C=C(C)CC(OC(C)=O)C2(O)C(CC2(C)C)C(CO)C1. The lowest BCUT2D eigenvalue weighted by molar-refractivity contribution is -0.273. The van der Waals surface area contributed by atoms with Crippen LogP contribution >= 0.6 is 0 Å². The van der Waals surface area contributed by atoms with Gasteiger partial charge in [0.15, 0.2) is 0 Å². The van der Waals surface area contributed by atoms with E-state index in [-0.39, 0.29) is 35.9 Å². The molecule has 23 heavy (non-hydrogen) atoms. The zero-order chi connectivity index (χ0) is 17.4. The Bertz CT molecular complexity index is 484. The highest BCUT2D eigenvalue weighted by Crippen LogP contribution is 2.60. The maximum absolute atomic E-state index is 11.6. The molecule has 2 aliphatic carbocycles. The van der Waals surface area contributed by atoms with Crippen LogP contribution in [0.3, 0.4) is 0 Å². The monoisotopic (exact) mass is 326 g/mol. The Morgan fingerprint density at radius 1 is 1.43 bits per heavy atom. The van der Waals surface area contributed by atoms with E-state index in [0.717, 1.165) is 12.0 Å². The number of ether oxygens (including phenoxy) is 2. The van der Waals surface area contributed by atoms with Crippen LogP contribution in [-0.2, 0) is 14.3 Å². The molecule has 1 saturated carbocycles. The lowest BCUT2D eigenvalue weighted by Crippen LogP contribution is -2.70. The summed E-state index contributed by atoms with van der Waals surface area (Å²) in [4.78, 5) is 11.6. The molecule has 0 aromatic heterocycles. The van der Waals surface area contributed by atoms with Gasteiger partial charge in [-0.3, -0.25) is 4.79 Å². The second kappa shape index (κ2) is 6.54. The number of hydrogen-bond acceptors (Lipinski definition) is 5. The van der Waals surface area contributed by atoms with Gasteiger partial charge in [0, 0.05) is 27.1 Å². The van der Waals surface area contributed by atoms with Crippen molar-refractivity contribution in [1.29, 1.82) is 0 Å². The first kappa shape index (κ1) is 18.4. The van der Waals surface area contributed by atoms with Crippen molar-refractivity contribution in [2.75, 3.05) is 13.7 Å². The Hall–Kier alpha value is -0.910. The summed E-state index contributed by atoms with van der Waals surface area (Å²) in [6.45, 7) is 7.32. The minimum Gasteiger partial charge on any atom is -0.459 e. The number of aliphatic hydroxyl groups excluding tert-OH is 1. The van der Waals surface area contributed by atoms with Gasteiger partial charge in [-0.25, -0.2) is 0 Å². The van der Waals surface area contributed by atoms with Gasteiger partial charge < -0.3 is 19.7 Å². The van der Waals surface area contributed by atoms with E-state index in [0.29, 0.717) is 12.8 Å². The van der Waals surface area contributed by atoms with Crippen LogP contribution in [0.5, 0.6) is 0 Å². The van der Waals surface area contributed by atoms with Crippen molar-refractivity contribution in [3.05, 3.63) is 11.6 Å². The van der Waals surface area contributed by atoms with Gasteiger partial charge in [0.2, 0.25) is 0 Å². The molecule has 5 atom stereocenters. The standard InChI is InChI=1S/C18H30O5/c1-11-6-14(22-5)8-13(10-19)15-9-17(3,4)18(15,21)16(7-11)23-12(2)20/h6,13-16,19,21H,7-10H2,1-5H3. The maximum atomic E-state index is 11.6. The predicted octanol–water partition coefficient (Wildman–Crippen LogP) is 2.06. The molecule has 2 aliphatic rings. The summed E-state index contributed by atoms with van der Waals surface area (Å²) in [6.07, 6.45) is 3.24. The fourth-order valence-electron chi connectivity index (χ4n) is 4.50. The van der Waals surface area contributed by atoms with Crippen LogP contribution in [0.4, 0.5) is 0 Å². The van der Waals surface area contributed by atoms with E-state index in [9.17, 15) is 15.0 Å². The minimum atomic E-state index is -1.14. The molecule has 0 heterocycles. The van der Waals surface area contributed by atoms with Gasteiger partial charge >= 0.3 is 5.97 Å². The van der Waals surface area contributed by atoms with Crippen LogP contribution in [0.2, 0.25) is 0 Å². The molecule has 5 nitrogen and oxygen atoms in total. The van der Waals surface area contributed by atoms with Gasteiger partial charge in [-0.05, 0) is 37.0 Å². The molecule has 0 saturated heterocycles. The van der Waals surface area contributed by atoms with Crippen molar-refractivity contribution < 1.29 is 24.5 Å². The molecule has 0 aromatic rings. The summed E-state index contributed by atoms with van der Waals surface area (Å²) in [5, 5.41) is 21.4. The molecule has 0 spiro atoms. The second-order valence-electron chi connectivity index (χ2n) is 7.79. The first-order valence-corrected chi connectivity index (χ1v) is 8.36. The highest BCUT2D eigenvalue weighted by Gasteiger charge is 2.66. The number of carbonyl (C=O) groups excluding carboxylic acids is 1. The van der Waals surface area contributed by atoms with Crippen molar-refractivity contribution >= 4 is 5.97 Å². The van der Waals surface area contributed by atoms with E-state index in [2.05, 4.69) is 0 Å². The number of methoxy groups -OCH3 is 1. The molecule has 2 rings (SSSR count). The molecule has 132 valence electrons. The van der Waals surface area contributed by atoms with Crippen LogP contribution in [0, 0.1) is 17.3 Å². The number of carbonyl (C=O) groups is 1. The maximum Gasteiger partial charge on any atom is 0.303 e.